The number of nitrogens with two attached hydrogens (primary N) is 1. The normalized spacial score (nSPS) is 23.6. The van der Waals surface area contributed by atoms with Gasteiger partial charge in [-0.25, -0.2) is 8.42 Å². The lowest BCUT2D eigenvalue weighted by atomic mass is 10.0. The molecule has 1 aliphatic rings. The molecule has 0 aromatic carbocycles. The maximum absolute atomic E-state index is 12.6. The number of nitrogens with zero attached hydrogens (tertiary/aromatic N) is 2. The van der Waals surface area contributed by atoms with Gasteiger partial charge in [-0.05, 0) is 24.5 Å². The Kier molecular flexibility index (Phi) is 5.00. The van der Waals surface area contributed by atoms with Gasteiger partial charge in [-0.3, -0.25) is 0 Å². The van der Waals surface area contributed by atoms with Crippen LogP contribution in [0.25, 0.3) is 0 Å². The number of rotatable bonds is 5. The summed E-state index contributed by atoms with van der Waals surface area (Å²) >= 11 is 0.712. The van der Waals surface area contributed by atoms with Crippen LogP contribution in [-0.4, -0.2) is 47.4 Å². The SMILES string of the molecule is C=CC[C@@H]1C[C@@H](N)c2cc(S(=O)(=O)N=CN(C)C)sc2S1(=O)=O. The van der Waals surface area contributed by atoms with Gasteiger partial charge in [-0.2, -0.15) is 8.42 Å². The van der Waals surface area contributed by atoms with Gasteiger partial charge >= 0.3 is 0 Å². The van der Waals surface area contributed by atoms with Crippen LogP contribution in [-0.2, 0) is 19.9 Å². The summed E-state index contributed by atoms with van der Waals surface area (Å²) in [6.45, 7) is 3.57. The highest BCUT2D eigenvalue weighted by Gasteiger charge is 2.40. The summed E-state index contributed by atoms with van der Waals surface area (Å²) in [5.74, 6) is 0. The fourth-order valence-electron chi connectivity index (χ4n) is 2.28. The molecule has 0 amide bonds. The molecule has 10 heteroatoms. The number of sulfone groups is 1. The first-order valence-electron chi connectivity index (χ1n) is 6.80. The number of thiophene rings is 1. The Morgan fingerprint density at radius 1 is 1.52 bits per heavy atom. The van der Waals surface area contributed by atoms with Crippen molar-refractivity contribution in [2.45, 2.75) is 32.6 Å². The fraction of sp³-hybridized carbons (Fsp3) is 0.462. The van der Waals surface area contributed by atoms with Crippen LogP contribution in [0.2, 0.25) is 0 Å². The second-order valence-corrected chi connectivity index (χ2v) is 10.8. The minimum atomic E-state index is -3.95. The van der Waals surface area contributed by atoms with Gasteiger partial charge in [0.05, 0.1) is 5.25 Å². The van der Waals surface area contributed by atoms with E-state index in [0.29, 0.717) is 16.9 Å². The lowest BCUT2D eigenvalue weighted by Crippen LogP contribution is -2.31. The summed E-state index contributed by atoms with van der Waals surface area (Å²) < 4.78 is 53.1. The molecule has 23 heavy (non-hydrogen) atoms. The molecule has 2 atom stereocenters. The average molecular weight is 378 g/mol. The third-order valence-electron chi connectivity index (χ3n) is 3.42. The fourth-order valence-corrected chi connectivity index (χ4v) is 7.46. The monoisotopic (exact) mass is 377 g/mol. The third kappa shape index (κ3) is 3.49. The van der Waals surface area contributed by atoms with E-state index in [1.165, 1.54) is 17.0 Å². The van der Waals surface area contributed by atoms with Gasteiger partial charge in [0, 0.05) is 20.1 Å². The van der Waals surface area contributed by atoms with Crippen molar-refractivity contribution < 1.29 is 16.8 Å². The molecular weight excluding hydrogens is 358 g/mol. The van der Waals surface area contributed by atoms with E-state index in [1.54, 1.807) is 14.1 Å². The minimum Gasteiger partial charge on any atom is -0.368 e. The molecule has 0 fully saturated rings. The van der Waals surface area contributed by atoms with E-state index in [4.69, 9.17) is 5.73 Å². The summed E-state index contributed by atoms with van der Waals surface area (Å²) in [5, 5.41) is -0.665. The molecule has 0 saturated carbocycles. The molecule has 0 spiro atoms. The predicted molar refractivity (Wildman–Crippen MR) is 91.0 cm³/mol. The van der Waals surface area contributed by atoms with E-state index in [-0.39, 0.29) is 21.3 Å². The van der Waals surface area contributed by atoms with Crippen LogP contribution in [0.4, 0.5) is 0 Å². The van der Waals surface area contributed by atoms with Crippen molar-refractivity contribution in [1.29, 1.82) is 0 Å². The second-order valence-electron chi connectivity index (χ2n) is 5.50. The number of fused-ring (bicyclic) bond motifs is 1. The van der Waals surface area contributed by atoms with Crippen molar-refractivity contribution in [2.24, 2.45) is 10.1 Å². The first kappa shape index (κ1) is 18.1. The topological polar surface area (TPSA) is 110 Å². The van der Waals surface area contributed by atoms with Gasteiger partial charge in [-0.1, -0.05) is 6.08 Å². The van der Waals surface area contributed by atoms with E-state index in [9.17, 15) is 16.8 Å². The van der Waals surface area contributed by atoms with Crippen LogP contribution in [0.3, 0.4) is 0 Å². The van der Waals surface area contributed by atoms with E-state index < -0.39 is 31.2 Å². The maximum Gasteiger partial charge on any atom is 0.293 e. The highest BCUT2D eigenvalue weighted by Crippen LogP contribution is 2.43. The van der Waals surface area contributed by atoms with Crippen molar-refractivity contribution in [1.82, 2.24) is 4.90 Å². The van der Waals surface area contributed by atoms with E-state index in [1.807, 2.05) is 0 Å². The lowest BCUT2D eigenvalue weighted by Gasteiger charge is -2.25. The molecule has 1 aromatic heterocycles. The van der Waals surface area contributed by atoms with Gasteiger partial charge < -0.3 is 10.6 Å². The zero-order valence-corrected chi connectivity index (χ0v) is 15.3. The van der Waals surface area contributed by atoms with Gasteiger partial charge in [0.2, 0.25) is 0 Å². The molecule has 128 valence electrons. The van der Waals surface area contributed by atoms with Gasteiger partial charge in [-0.15, -0.1) is 22.3 Å². The van der Waals surface area contributed by atoms with E-state index in [2.05, 4.69) is 11.0 Å². The molecule has 0 saturated heterocycles. The van der Waals surface area contributed by atoms with Crippen molar-refractivity contribution in [3.05, 3.63) is 24.3 Å². The highest BCUT2D eigenvalue weighted by molar-refractivity contribution is 7.96. The Bertz CT molecular complexity index is 838. The van der Waals surface area contributed by atoms with E-state index >= 15 is 0 Å². The Labute approximate surface area is 140 Å². The zero-order valence-electron chi connectivity index (χ0n) is 12.8. The van der Waals surface area contributed by atoms with Crippen LogP contribution in [0.15, 0.2) is 31.5 Å². The largest absolute Gasteiger partial charge is 0.368 e. The molecule has 0 radical (unpaired) electrons. The van der Waals surface area contributed by atoms with Gasteiger partial charge in [0.25, 0.3) is 10.0 Å². The van der Waals surface area contributed by atoms with Gasteiger partial charge in [0.15, 0.2) is 9.84 Å². The Hall–Kier alpha value is -1.23. The molecule has 1 aliphatic heterocycles. The molecule has 1 aromatic rings. The number of hydrogen-bond donors (Lipinski definition) is 1. The molecule has 2 heterocycles. The molecule has 2 rings (SSSR count). The van der Waals surface area contributed by atoms with Crippen LogP contribution in [0.5, 0.6) is 0 Å². The number of hydrogen-bond acceptors (Lipinski definition) is 6. The molecule has 0 bridgehead atoms. The standard InChI is InChI=1S/C13H19N3O4S3/c1-4-5-9-6-11(14)10-7-12(21-13(10)22(9,17)18)23(19,20)15-8-16(2)3/h4,7-9,11H,1,5-6,14H2,2-3H3/t9-,11-/m1/s1. The summed E-state index contributed by atoms with van der Waals surface area (Å²) in [6, 6.07) is 0.811. The van der Waals surface area contributed by atoms with Crippen molar-refractivity contribution in [3.63, 3.8) is 0 Å². The summed E-state index contributed by atoms with van der Waals surface area (Å²) in [5.41, 5.74) is 6.39. The summed E-state index contributed by atoms with van der Waals surface area (Å²) in [6.07, 6.45) is 3.22. The smallest absolute Gasteiger partial charge is 0.293 e. The van der Waals surface area contributed by atoms with Crippen LogP contribution >= 0.6 is 11.3 Å². The third-order valence-corrected chi connectivity index (χ3v) is 9.00. The molecular formula is C13H19N3O4S3. The highest BCUT2D eigenvalue weighted by atomic mass is 32.3. The first-order chi connectivity index (χ1) is 10.6. The molecule has 7 nitrogen and oxygen atoms in total. The van der Waals surface area contributed by atoms with Crippen LogP contribution in [0.1, 0.15) is 24.4 Å². The molecule has 2 N–H and O–H groups in total. The Morgan fingerprint density at radius 2 is 2.17 bits per heavy atom. The first-order valence-corrected chi connectivity index (χ1v) is 10.6. The molecule has 0 aliphatic carbocycles. The summed E-state index contributed by atoms with van der Waals surface area (Å²) in [4.78, 5) is 1.48. The second kappa shape index (κ2) is 6.34. The number of sulfonamides is 1. The predicted octanol–water partition coefficient (Wildman–Crippen LogP) is 1.15. The minimum absolute atomic E-state index is 0.0294. The zero-order chi connectivity index (χ0) is 17.4. The van der Waals surface area contributed by atoms with Crippen LogP contribution < -0.4 is 5.73 Å². The van der Waals surface area contributed by atoms with Crippen molar-refractivity contribution >= 4 is 37.5 Å². The van der Waals surface area contributed by atoms with Gasteiger partial charge in [0.1, 0.15) is 14.8 Å². The Morgan fingerprint density at radius 3 is 2.74 bits per heavy atom. The van der Waals surface area contributed by atoms with E-state index in [0.717, 1.165) is 6.34 Å². The van der Waals surface area contributed by atoms with Crippen molar-refractivity contribution in [2.75, 3.05) is 14.1 Å². The number of allylic oxidation sites excluding steroid dienone is 1. The van der Waals surface area contributed by atoms with Crippen LogP contribution in [0, 0.1) is 0 Å². The maximum atomic E-state index is 12.6. The molecule has 0 unspecified atom stereocenters. The van der Waals surface area contributed by atoms with Crippen molar-refractivity contribution in [3.8, 4) is 0 Å². The average Bonchev–Trinajstić information content (AvgIpc) is 2.91. The summed E-state index contributed by atoms with van der Waals surface area (Å²) in [7, 11) is -4.28. The quantitative estimate of drug-likeness (QED) is 0.468. The Balaban J connectivity index is 2.53. The lowest BCUT2D eigenvalue weighted by molar-refractivity contribution is 0.531.